The Morgan fingerprint density at radius 2 is 1.85 bits per heavy atom. The highest BCUT2D eigenvalue weighted by Gasteiger charge is 2.18. The van der Waals surface area contributed by atoms with Gasteiger partial charge >= 0.3 is 0 Å². The standard InChI is InChI=1S/C17H16BrN3O5/c1-25-15-8-12(14(21(23)24)9-16(15)26-2)10-19-20-17(22)7-11-3-5-13(18)6-4-11/h3-6,8-10H,7H2,1-2H3,(H,20,22)/b19-10-. The number of rotatable bonds is 7. The van der Waals surface area contributed by atoms with Gasteiger partial charge in [0.2, 0.25) is 5.91 Å². The fraction of sp³-hybridized carbons (Fsp3) is 0.176. The second-order valence-electron chi connectivity index (χ2n) is 5.12. The third-order valence-electron chi connectivity index (χ3n) is 3.40. The van der Waals surface area contributed by atoms with Crippen LogP contribution in [0.4, 0.5) is 5.69 Å². The van der Waals surface area contributed by atoms with Crippen LogP contribution in [0.2, 0.25) is 0 Å². The second kappa shape index (κ2) is 8.95. The summed E-state index contributed by atoms with van der Waals surface area (Å²) in [4.78, 5) is 22.6. The highest BCUT2D eigenvalue weighted by molar-refractivity contribution is 9.10. The van der Waals surface area contributed by atoms with Crippen LogP contribution in [0.1, 0.15) is 11.1 Å². The number of nitrogens with one attached hydrogen (secondary N) is 1. The Morgan fingerprint density at radius 3 is 2.42 bits per heavy atom. The largest absolute Gasteiger partial charge is 0.493 e. The van der Waals surface area contributed by atoms with Crippen LogP contribution < -0.4 is 14.9 Å². The summed E-state index contributed by atoms with van der Waals surface area (Å²) < 4.78 is 11.1. The van der Waals surface area contributed by atoms with Crippen LogP contribution in [0.5, 0.6) is 11.5 Å². The van der Waals surface area contributed by atoms with Gasteiger partial charge in [-0.15, -0.1) is 0 Å². The van der Waals surface area contributed by atoms with Crippen molar-refractivity contribution in [3.63, 3.8) is 0 Å². The molecule has 0 atom stereocenters. The summed E-state index contributed by atoms with van der Waals surface area (Å²) in [6.45, 7) is 0. The molecule has 0 spiro atoms. The molecule has 0 aromatic heterocycles. The number of nitrogens with zero attached hydrogens (tertiary/aromatic N) is 2. The maximum atomic E-state index is 11.9. The van der Waals surface area contributed by atoms with Gasteiger partial charge in [-0.25, -0.2) is 5.43 Å². The molecule has 136 valence electrons. The molecule has 1 N–H and O–H groups in total. The van der Waals surface area contributed by atoms with Crippen LogP contribution in [0.15, 0.2) is 46.0 Å². The van der Waals surface area contributed by atoms with Crippen molar-refractivity contribution in [1.29, 1.82) is 0 Å². The van der Waals surface area contributed by atoms with Crippen LogP contribution in [-0.4, -0.2) is 31.3 Å². The molecule has 1 amide bonds. The summed E-state index contributed by atoms with van der Waals surface area (Å²) in [5, 5.41) is 15.0. The highest BCUT2D eigenvalue weighted by Crippen LogP contribution is 2.33. The number of ether oxygens (including phenoxy) is 2. The van der Waals surface area contributed by atoms with E-state index in [9.17, 15) is 14.9 Å². The van der Waals surface area contributed by atoms with E-state index in [1.165, 1.54) is 32.6 Å². The Bertz CT molecular complexity index is 837. The van der Waals surface area contributed by atoms with Gasteiger partial charge in [-0.05, 0) is 23.8 Å². The van der Waals surface area contributed by atoms with Crippen LogP contribution in [0, 0.1) is 10.1 Å². The molecule has 2 rings (SSSR count). The molecule has 9 heteroatoms. The normalized spacial score (nSPS) is 10.6. The van der Waals surface area contributed by atoms with Crippen molar-refractivity contribution in [3.8, 4) is 11.5 Å². The lowest BCUT2D eigenvalue weighted by atomic mass is 10.1. The van der Waals surface area contributed by atoms with E-state index in [0.29, 0.717) is 5.75 Å². The molecule has 0 saturated carbocycles. The fourth-order valence-electron chi connectivity index (χ4n) is 2.15. The summed E-state index contributed by atoms with van der Waals surface area (Å²) in [5.74, 6) is 0.211. The summed E-state index contributed by atoms with van der Waals surface area (Å²) in [5.41, 5.74) is 3.13. The molecule has 2 aromatic carbocycles. The molecule has 0 aliphatic rings. The molecule has 0 saturated heterocycles. The molecule has 0 radical (unpaired) electrons. The molecule has 0 aliphatic heterocycles. The number of hydrazone groups is 1. The number of nitro benzene ring substituents is 1. The predicted octanol–water partition coefficient (Wildman–Crippen LogP) is 3.07. The van der Waals surface area contributed by atoms with E-state index in [1.54, 1.807) is 0 Å². The molecule has 0 fully saturated rings. The number of hydrogen-bond donors (Lipinski definition) is 1. The van der Waals surface area contributed by atoms with E-state index in [4.69, 9.17) is 9.47 Å². The molecule has 8 nitrogen and oxygen atoms in total. The number of carbonyl (C=O) groups excluding carboxylic acids is 1. The van der Waals surface area contributed by atoms with Crippen LogP contribution in [-0.2, 0) is 11.2 Å². The fourth-order valence-corrected chi connectivity index (χ4v) is 2.41. The van der Waals surface area contributed by atoms with E-state index < -0.39 is 4.92 Å². The van der Waals surface area contributed by atoms with Crippen molar-refractivity contribution >= 4 is 33.7 Å². The van der Waals surface area contributed by atoms with Gasteiger partial charge in [-0.2, -0.15) is 5.10 Å². The first kappa shape index (κ1) is 19.4. The van der Waals surface area contributed by atoms with Crippen molar-refractivity contribution in [1.82, 2.24) is 5.43 Å². The summed E-state index contributed by atoms with van der Waals surface area (Å²) in [7, 11) is 2.81. The van der Waals surface area contributed by atoms with Crippen molar-refractivity contribution < 1.29 is 19.2 Å². The van der Waals surface area contributed by atoms with Crippen molar-refractivity contribution in [3.05, 3.63) is 62.1 Å². The van der Waals surface area contributed by atoms with E-state index in [2.05, 4.69) is 26.5 Å². The van der Waals surface area contributed by atoms with E-state index in [0.717, 1.165) is 10.0 Å². The number of carbonyl (C=O) groups is 1. The molecule has 0 bridgehead atoms. The van der Waals surface area contributed by atoms with Crippen LogP contribution >= 0.6 is 15.9 Å². The lowest BCUT2D eigenvalue weighted by molar-refractivity contribution is -0.385. The minimum atomic E-state index is -0.563. The first-order valence-corrected chi connectivity index (χ1v) is 8.20. The molecular weight excluding hydrogens is 406 g/mol. The zero-order valence-corrected chi connectivity index (χ0v) is 15.6. The Morgan fingerprint density at radius 1 is 1.23 bits per heavy atom. The van der Waals surface area contributed by atoms with Crippen molar-refractivity contribution in [2.24, 2.45) is 5.10 Å². The van der Waals surface area contributed by atoms with Gasteiger partial charge in [0.15, 0.2) is 11.5 Å². The predicted molar refractivity (Wildman–Crippen MR) is 99.8 cm³/mol. The number of halogens is 1. The van der Waals surface area contributed by atoms with Gasteiger partial charge in [-0.3, -0.25) is 14.9 Å². The number of benzene rings is 2. The third kappa shape index (κ3) is 5.03. The Hall–Kier alpha value is -2.94. The number of nitro groups is 1. The minimum absolute atomic E-state index is 0.138. The van der Waals surface area contributed by atoms with Crippen molar-refractivity contribution in [2.45, 2.75) is 6.42 Å². The SMILES string of the molecule is COc1cc(/C=N\NC(=O)Cc2ccc(Br)cc2)c([N+](=O)[O-])cc1OC. The second-order valence-corrected chi connectivity index (χ2v) is 6.04. The van der Waals surface area contributed by atoms with Gasteiger partial charge in [0.1, 0.15) is 0 Å². The molecule has 0 aliphatic carbocycles. The monoisotopic (exact) mass is 421 g/mol. The molecule has 0 unspecified atom stereocenters. The lowest BCUT2D eigenvalue weighted by Crippen LogP contribution is -2.19. The molecule has 26 heavy (non-hydrogen) atoms. The van der Waals surface area contributed by atoms with Gasteiger partial charge in [-0.1, -0.05) is 28.1 Å². The van der Waals surface area contributed by atoms with Gasteiger partial charge in [0.05, 0.1) is 43.4 Å². The summed E-state index contributed by atoms with van der Waals surface area (Å²) in [6.07, 6.45) is 1.33. The molecule has 2 aromatic rings. The zero-order valence-electron chi connectivity index (χ0n) is 14.1. The Kier molecular flexibility index (Phi) is 6.67. The zero-order chi connectivity index (χ0) is 19.1. The lowest BCUT2D eigenvalue weighted by Gasteiger charge is -2.08. The average Bonchev–Trinajstić information content (AvgIpc) is 2.62. The van der Waals surface area contributed by atoms with E-state index in [1.807, 2.05) is 24.3 Å². The third-order valence-corrected chi connectivity index (χ3v) is 3.93. The quantitative estimate of drug-likeness (QED) is 0.420. The van der Waals surface area contributed by atoms with Gasteiger partial charge < -0.3 is 9.47 Å². The van der Waals surface area contributed by atoms with Gasteiger partial charge in [0, 0.05) is 4.47 Å². The highest BCUT2D eigenvalue weighted by atomic mass is 79.9. The first-order valence-electron chi connectivity index (χ1n) is 7.41. The topological polar surface area (TPSA) is 103 Å². The van der Waals surface area contributed by atoms with E-state index >= 15 is 0 Å². The van der Waals surface area contributed by atoms with Crippen LogP contribution in [0.3, 0.4) is 0 Å². The maximum absolute atomic E-state index is 11.9. The summed E-state index contributed by atoms with van der Waals surface area (Å²) in [6, 6.07) is 9.95. The number of amides is 1. The first-order chi connectivity index (χ1) is 12.4. The Balaban J connectivity index is 2.12. The van der Waals surface area contributed by atoms with Crippen LogP contribution in [0.25, 0.3) is 0 Å². The van der Waals surface area contributed by atoms with Gasteiger partial charge in [0.25, 0.3) is 5.69 Å². The molecular formula is C17H16BrN3O5. The summed E-state index contributed by atoms with van der Waals surface area (Å²) >= 11 is 3.32. The minimum Gasteiger partial charge on any atom is -0.493 e. The van der Waals surface area contributed by atoms with E-state index in [-0.39, 0.29) is 29.3 Å². The number of methoxy groups -OCH3 is 2. The maximum Gasteiger partial charge on any atom is 0.282 e. The smallest absolute Gasteiger partial charge is 0.282 e. The Labute approximate surface area is 158 Å². The average molecular weight is 422 g/mol. The van der Waals surface area contributed by atoms with Crippen molar-refractivity contribution in [2.75, 3.05) is 14.2 Å². The number of hydrogen-bond acceptors (Lipinski definition) is 6. The molecule has 0 heterocycles.